The van der Waals surface area contributed by atoms with Crippen LogP contribution in [0.5, 0.6) is 0 Å². The number of nitrogens with zero attached hydrogens (tertiary/aromatic N) is 2. The molecule has 0 amide bonds. The number of thioether (sulfide) groups is 1. The van der Waals surface area contributed by atoms with Crippen LogP contribution in [0.1, 0.15) is 5.69 Å². The normalized spacial score (nSPS) is 10.8. The molecule has 3 nitrogen and oxygen atoms in total. The summed E-state index contributed by atoms with van der Waals surface area (Å²) in [6.07, 6.45) is 6.04. The lowest BCUT2D eigenvalue weighted by Gasteiger charge is -1.94. The number of anilines is 1. The zero-order chi connectivity index (χ0) is 9.26. The first-order valence-corrected chi connectivity index (χ1v) is 5.41. The van der Waals surface area contributed by atoms with Crippen LogP contribution in [-0.2, 0) is 5.75 Å². The Hall–Kier alpha value is -1.16. The molecule has 4 heteroatoms. The summed E-state index contributed by atoms with van der Waals surface area (Å²) in [5.41, 5.74) is 8.43. The van der Waals surface area contributed by atoms with Gasteiger partial charge in [-0.3, -0.25) is 0 Å². The standard InChI is InChI=1S/C9H11N3S/c1-13-6-7-5-12-4-2-3-8(10)9(12)11-7/h2-5H,6,10H2,1H3. The van der Waals surface area contributed by atoms with Gasteiger partial charge in [0.25, 0.3) is 0 Å². The zero-order valence-electron chi connectivity index (χ0n) is 7.40. The minimum atomic E-state index is 0.731. The van der Waals surface area contributed by atoms with Crippen LogP contribution < -0.4 is 5.73 Å². The van der Waals surface area contributed by atoms with Gasteiger partial charge in [0, 0.05) is 18.1 Å². The summed E-state index contributed by atoms with van der Waals surface area (Å²) in [6.45, 7) is 0. The van der Waals surface area contributed by atoms with Crippen molar-refractivity contribution in [2.45, 2.75) is 5.75 Å². The van der Waals surface area contributed by atoms with E-state index in [4.69, 9.17) is 5.73 Å². The summed E-state index contributed by atoms with van der Waals surface area (Å²) in [4.78, 5) is 4.42. The lowest BCUT2D eigenvalue weighted by molar-refractivity contribution is 1.19. The van der Waals surface area contributed by atoms with Gasteiger partial charge in [-0.2, -0.15) is 11.8 Å². The predicted molar refractivity (Wildman–Crippen MR) is 56.8 cm³/mol. The maximum atomic E-state index is 5.78. The highest BCUT2D eigenvalue weighted by Gasteiger charge is 2.02. The number of pyridine rings is 1. The predicted octanol–water partition coefficient (Wildman–Crippen LogP) is 1.78. The number of rotatable bonds is 2. The summed E-state index contributed by atoms with van der Waals surface area (Å²) in [7, 11) is 0. The van der Waals surface area contributed by atoms with Crippen LogP contribution in [0.25, 0.3) is 5.65 Å². The first kappa shape index (κ1) is 8.44. The summed E-state index contributed by atoms with van der Waals surface area (Å²) in [5, 5.41) is 0. The molecule has 0 atom stereocenters. The van der Waals surface area contributed by atoms with Crippen molar-refractivity contribution >= 4 is 23.1 Å². The van der Waals surface area contributed by atoms with Crippen molar-refractivity contribution in [3.63, 3.8) is 0 Å². The molecule has 0 spiro atoms. The number of nitrogens with two attached hydrogens (primary N) is 1. The van der Waals surface area contributed by atoms with Crippen molar-refractivity contribution in [2.75, 3.05) is 12.0 Å². The summed E-state index contributed by atoms with van der Waals surface area (Å²) in [6, 6.07) is 3.79. The monoisotopic (exact) mass is 193 g/mol. The Balaban J connectivity index is 2.55. The second-order valence-corrected chi connectivity index (χ2v) is 3.73. The third kappa shape index (κ3) is 1.49. The van der Waals surface area contributed by atoms with E-state index in [1.807, 2.05) is 28.9 Å². The van der Waals surface area contributed by atoms with Crippen LogP contribution >= 0.6 is 11.8 Å². The summed E-state index contributed by atoms with van der Waals surface area (Å²) >= 11 is 1.76. The molecule has 0 fully saturated rings. The molecule has 0 radical (unpaired) electrons. The fourth-order valence-corrected chi connectivity index (χ4v) is 1.74. The molecular weight excluding hydrogens is 182 g/mol. The van der Waals surface area contributed by atoms with Crippen LogP contribution in [0.2, 0.25) is 0 Å². The van der Waals surface area contributed by atoms with Gasteiger partial charge in [-0.15, -0.1) is 0 Å². The topological polar surface area (TPSA) is 43.3 Å². The van der Waals surface area contributed by atoms with Crippen LogP contribution in [0.3, 0.4) is 0 Å². The lowest BCUT2D eigenvalue weighted by atomic mass is 10.4. The van der Waals surface area contributed by atoms with Crippen LogP contribution in [0, 0.1) is 0 Å². The molecular formula is C9H11N3S. The van der Waals surface area contributed by atoms with E-state index in [0.717, 1.165) is 22.8 Å². The fourth-order valence-electron chi connectivity index (χ4n) is 1.30. The smallest absolute Gasteiger partial charge is 0.160 e. The Bertz CT molecular complexity index is 422. The van der Waals surface area contributed by atoms with Crippen LogP contribution in [-0.4, -0.2) is 15.6 Å². The van der Waals surface area contributed by atoms with E-state index >= 15 is 0 Å². The largest absolute Gasteiger partial charge is 0.396 e. The minimum Gasteiger partial charge on any atom is -0.396 e. The number of hydrogen-bond donors (Lipinski definition) is 1. The van der Waals surface area contributed by atoms with Gasteiger partial charge >= 0.3 is 0 Å². The molecule has 0 aromatic carbocycles. The molecule has 0 aliphatic heterocycles. The maximum absolute atomic E-state index is 5.78. The number of fused-ring (bicyclic) bond motifs is 1. The van der Waals surface area contributed by atoms with E-state index in [9.17, 15) is 0 Å². The van der Waals surface area contributed by atoms with Gasteiger partial charge in [0.15, 0.2) is 5.65 Å². The highest BCUT2D eigenvalue weighted by Crippen LogP contribution is 2.14. The van der Waals surface area contributed by atoms with E-state index in [1.165, 1.54) is 0 Å². The summed E-state index contributed by atoms with van der Waals surface area (Å²) < 4.78 is 1.96. The number of aromatic nitrogens is 2. The van der Waals surface area contributed by atoms with Gasteiger partial charge in [0.1, 0.15) is 0 Å². The van der Waals surface area contributed by atoms with Gasteiger partial charge in [-0.05, 0) is 18.4 Å². The molecule has 0 unspecified atom stereocenters. The highest BCUT2D eigenvalue weighted by molar-refractivity contribution is 7.97. The average Bonchev–Trinajstić information content (AvgIpc) is 2.49. The molecule has 0 saturated carbocycles. The molecule has 13 heavy (non-hydrogen) atoms. The highest BCUT2D eigenvalue weighted by atomic mass is 32.2. The van der Waals surface area contributed by atoms with E-state index in [-0.39, 0.29) is 0 Å². The zero-order valence-corrected chi connectivity index (χ0v) is 8.21. The molecule has 2 aromatic rings. The Morgan fingerprint density at radius 1 is 1.62 bits per heavy atom. The van der Waals surface area contributed by atoms with Crippen LogP contribution in [0.15, 0.2) is 24.5 Å². The Labute approximate surface area is 81.0 Å². The first-order valence-electron chi connectivity index (χ1n) is 4.02. The quantitative estimate of drug-likeness (QED) is 0.790. The van der Waals surface area contributed by atoms with Crippen molar-refractivity contribution in [2.24, 2.45) is 0 Å². The fraction of sp³-hybridized carbons (Fsp3) is 0.222. The third-order valence-corrected chi connectivity index (χ3v) is 2.44. The number of imidazole rings is 1. The minimum absolute atomic E-state index is 0.731. The molecule has 0 aliphatic rings. The number of hydrogen-bond acceptors (Lipinski definition) is 3. The van der Waals surface area contributed by atoms with E-state index < -0.39 is 0 Å². The molecule has 68 valence electrons. The second kappa shape index (κ2) is 3.30. The molecule has 0 saturated heterocycles. The van der Waals surface area contributed by atoms with E-state index in [1.54, 1.807) is 11.8 Å². The molecule has 2 rings (SSSR count). The van der Waals surface area contributed by atoms with Crippen molar-refractivity contribution in [3.05, 3.63) is 30.2 Å². The van der Waals surface area contributed by atoms with Crippen LogP contribution in [0.4, 0.5) is 5.69 Å². The third-order valence-electron chi connectivity index (χ3n) is 1.86. The van der Waals surface area contributed by atoms with Crippen molar-refractivity contribution in [1.82, 2.24) is 9.38 Å². The number of nitrogen functional groups attached to an aromatic ring is 1. The lowest BCUT2D eigenvalue weighted by Crippen LogP contribution is -1.90. The maximum Gasteiger partial charge on any atom is 0.160 e. The molecule has 2 N–H and O–H groups in total. The second-order valence-electron chi connectivity index (χ2n) is 2.86. The van der Waals surface area contributed by atoms with Crippen molar-refractivity contribution in [3.8, 4) is 0 Å². The van der Waals surface area contributed by atoms with Gasteiger partial charge < -0.3 is 10.1 Å². The first-order chi connectivity index (χ1) is 6.31. The molecule has 0 aliphatic carbocycles. The Morgan fingerprint density at radius 2 is 2.46 bits per heavy atom. The van der Waals surface area contributed by atoms with E-state index in [0.29, 0.717) is 0 Å². The average molecular weight is 193 g/mol. The summed E-state index contributed by atoms with van der Waals surface area (Å²) in [5.74, 6) is 0.932. The Morgan fingerprint density at radius 3 is 3.15 bits per heavy atom. The Kier molecular flexibility index (Phi) is 2.14. The van der Waals surface area contributed by atoms with Crippen molar-refractivity contribution in [1.29, 1.82) is 0 Å². The van der Waals surface area contributed by atoms with Gasteiger partial charge in [0.2, 0.25) is 0 Å². The van der Waals surface area contributed by atoms with E-state index in [2.05, 4.69) is 11.2 Å². The van der Waals surface area contributed by atoms with Gasteiger partial charge in [-0.25, -0.2) is 4.98 Å². The SMILES string of the molecule is CSCc1cn2cccc(N)c2n1. The molecule has 2 heterocycles. The molecule has 2 aromatic heterocycles. The molecule has 0 bridgehead atoms. The van der Waals surface area contributed by atoms with Crippen molar-refractivity contribution < 1.29 is 0 Å². The van der Waals surface area contributed by atoms with Gasteiger partial charge in [-0.1, -0.05) is 0 Å². The van der Waals surface area contributed by atoms with Gasteiger partial charge in [0.05, 0.1) is 11.4 Å².